The normalized spacial score (nSPS) is 12.3. The van der Waals surface area contributed by atoms with Crippen LogP contribution in [0.15, 0.2) is 63.0 Å². The van der Waals surface area contributed by atoms with Crippen LogP contribution in [0.1, 0.15) is 11.3 Å². The Kier molecular flexibility index (Phi) is 5.77. The molecule has 0 aliphatic carbocycles. The Morgan fingerprint density at radius 1 is 1.27 bits per heavy atom. The molecule has 4 rings (SSSR count). The predicted octanol–water partition coefficient (Wildman–Crippen LogP) is 4.87. The highest BCUT2D eigenvalue weighted by atomic mass is 35.5. The standard InChI is InChI=1S/C20H18ClFN3O2PS2/c1-12-20(29-11-23-12)30(27,28)25(15-5-2-4-14(21)9-15)10-13-8-18(26)24-19-16(13)6-3-7-17(19)22/h2-9,11,30H,10,28H2,1H3,(H,24,26). The van der Waals surface area contributed by atoms with Gasteiger partial charge < -0.3 is 9.29 Å². The summed E-state index contributed by atoms with van der Waals surface area (Å²) in [6.07, 6.45) is 0. The fourth-order valence-corrected chi connectivity index (χ4v) is 8.41. The second-order valence-electron chi connectivity index (χ2n) is 6.72. The Hall–Kier alpha value is -2.12. The molecule has 1 atom stereocenters. The Bertz CT molecular complexity index is 1360. The molecule has 0 fully saturated rings. The molecule has 0 radical (unpaired) electrons. The first-order valence-electron chi connectivity index (χ1n) is 8.90. The minimum atomic E-state index is -3.22. The molecule has 1 unspecified atom stereocenters. The highest BCUT2D eigenvalue weighted by molar-refractivity contribution is 8.46. The van der Waals surface area contributed by atoms with Gasteiger partial charge in [0.2, 0.25) is 5.56 Å². The maximum absolute atomic E-state index is 14.3. The number of halogens is 2. The number of hydrogen-bond donors (Lipinski definition) is 2. The number of aromatic nitrogens is 2. The molecule has 5 nitrogen and oxygen atoms in total. The van der Waals surface area contributed by atoms with E-state index in [1.165, 1.54) is 23.5 Å². The van der Waals surface area contributed by atoms with E-state index in [4.69, 9.17) is 11.6 Å². The zero-order valence-corrected chi connectivity index (χ0v) is 19.4. The maximum Gasteiger partial charge on any atom is 0.248 e. The van der Waals surface area contributed by atoms with Crippen LogP contribution in [-0.2, 0) is 16.3 Å². The van der Waals surface area contributed by atoms with E-state index in [-0.39, 0.29) is 12.1 Å². The van der Waals surface area contributed by atoms with Crippen LogP contribution in [0.25, 0.3) is 10.9 Å². The van der Waals surface area contributed by atoms with Crippen LogP contribution >= 0.6 is 31.4 Å². The van der Waals surface area contributed by atoms with Gasteiger partial charge in [-0.15, -0.1) is 11.3 Å². The molecule has 4 aromatic rings. The van der Waals surface area contributed by atoms with Gasteiger partial charge in [-0.2, -0.15) is 0 Å². The number of aryl methyl sites for hydroxylation is 1. The summed E-state index contributed by atoms with van der Waals surface area (Å²) in [5.41, 5.74) is 3.19. The summed E-state index contributed by atoms with van der Waals surface area (Å²) in [4.78, 5) is 19.0. The van der Waals surface area contributed by atoms with Crippen molar-refractivity contribution in [3.63, 3.8) is 0 Å². The Balaban J connectivity index is 1.92. The van der Waals surface area contributed by atoms with Gasteiger partial charge in [-0.1, -0.05) is 29.8 Å². The topological polar surface area (TPSA) is 66.1 Å². The van der Waals surface area contributed by atoms with E-state index in [2.05, 4.69) is 18.4 Å². The first-order chi connectivity index (χ1) is 14.3. The molecule has 0 aliphatic rings. The van der Waals surface area contributed by atoms with Gasteiger partial charge in [0.25, 0.3) is 0 Å². The lowest BCUT2D eigenvalue weighted by molar-refractivity contribution is 0.636. The third kappa shape index (κ3) is 3.93. The molecule has 0 amide bonds. The Labute approximate surface area is 184 Å². The second-order valence-corrected chi connectivity index (χ2v) is 12.6. The van der Waals surface area contributed by atoms with E-state index in [1.54, 1.807) is 53.1 Å². The minimum absolute atomic E-state index is 0.113. The van der Waals surface area contributed by atoms with Crippen molar-refractivity contribution < 1.29 is 8.60 Å². The minimum Gasteiger partial charge on any atom is -0.319 e. The number of nitrogens with one attached hydrogen (secondary N) is 1. The van der Waals surface area contributed by atoms with Gasteiger partial charge in [0.1, 0.15) is 10.0 Å². The number of para-hydroxylation sites is 1. The third-order valence-electron chi connectivity index (χ3n) is 4.71. The van der Waals surface area contributed by atoms with Crippen LogP contribution in [-0.4, -0.2) is 14.2 Å². The number of thiol groups is 1. The first-order valence-corrected chi connectivity index (χ1v) is 13.4. The van der Waals surface area contributed by atoms with Gasteiger partial charge in [0.15, 0.2) is 0 Å². The largest absolute Gasteiger partial charge is 0.319 e. The Morgan fingerprint density at radius 2 is 2.03 bits per heavy atom. The van der Waals surface area contributed by atoms with Gasteiger partial charge in [0, 0.05) is 31.9 Å². The molecular weight excluding hydrogens is 464 g/mol. The van der Waals surface area contributed by atoms with Gasteiger partial charge in [-0.05, 0) is 45.2 Å². The average molecular weight is 482 g/mol. The average Bonchev–Trinajstić information content (AvgIpc) is 3.13. The number of H-pyrrole nitrogens is 1. The number of rotatable bonds is 5. The highest BCUT2D eigenvalue weighted by Gasteiger charge is 2.27. The van der Waals surface area contributed by atoms with Crippen molar-refractivity contribution in [2.75, 3.05) is 4.31 Å². The maximum atomic E-state index is 14.3. The van der Waals surface area contributed by atoms with Crippen molar-refractivity contribution >= 4 is 57.7 Å². The zero-order chi connectivity index (χ0) is 21.5. The quantitative estimate of drug-likeness (QED) is 0.315. The first kappa shape index (κ1) is 21.1. The molecular formula is C20H18ClFN3O2PS2. The van der Waals surface area contributed by atoms with E-state index in [1.807, 2.05) is 0 Å². The van der Waals surface area contributed by atoms with E-state index in [0.717, 1.165) is 0 Å². The molecule has 0 aliphatic heterocycles. The number of thiazole rings is 1. The molecule has 0 spiro atoms. The lowest BCUT2D eigenvalue weighted by atomic mass is 10.1. The number of pyridine rings is 1. The van der Waals surface area contributed by atoms with Crippen molar-refractivity contribution in [2.45, 2.75) is 17.7 Å². The number of hydrogen-bond acceptors (Lipinski definition) is 4. The molecule has 30 heavy (non-hydrogen) atoms. The van der Waals surface area contributed by atoms with Crippen LogP contribution in [0.5, 0.6) is 0 Å². The van der Waals surface area contributed by atoms with E-state index in [9.17, 15) is 13.4 Å². The molecule has 0 saturated carbocycles. The lowest BCUT2D eigenvalue weighted by Gasteiger charge is -2.35. The molecule has 2 aromatic carbocycles. The summed E-state index contributed by atoms with van der Waals surface area (Å²) in [6.45, 7) is 1.92. The smallest absolute Gasteiger partial charge is 0.248 e. The number of aromatic amines is 1. The number of nitrogens with zero attached hydrogens (tertiary/aromatic N) is 2. The van der Waals surface area contributed by atoms with Crippen LogP contribution in [0.4, 0.5) is 10.1 Å². The van der Waals surface area contributed by atoms with Crippen LogP contribution < -0.4 is 9.86 Å². The van der Waals surface area contributed by atoms with Crippen LogP contribution in [0.2, 0.25) is 5.02 Å². The third-order valence-corrected chi connectivity index (χ3v) is 10.9. The van der Waals surface area contributed by atoms with Gasteiger partial charge >= 0.3 is 0 Å². The van der Waals surface area contributed by atoms with E-state index in [0.29, 0.717) is 31.6 Å². The van der Waals surface area contributed by atoms with Gasteiger partial charge in [0.05, 0.1) is 23.3 Å². The van der Waals surface area contributed by atoms with Crippen molar-refractivity contribution in [3.8, 4) is 0 Å². The van der Waals surface area contributed by atoms with Gasteiger partial charge in [-0.25, -0.2) is 9.37 Å². The summed E-state index contributed by atoms with van der Waals surface area (Å²) in [5.74, 6) is -0.520. The SMILES string of the molecule is Cc1ncsc1[SH](=O)(P)N(Cc1cc(=O)[nH]c2c(F)cccc12)c1cccc(Cl)c1. The van der Waals surface area contributed by atoms with E-state index < -0.39 is 21.1 Å². The summed E-state index contributed by atoms with van der Waals surface area (Å²) in [7, 11) is -0.753. The summed E-state index contributed by atoms with van der Waals surface area (Å²) < 4.78 is 30.7. The molecule has 0 bridgehead atoms. The molecule has 2 aromatic heterocycles. The van der Waals surface area contributed by atoms with Crippen LogP contribution in [0.3, 0.4) is 0 Å². The summed E-state index contributed by atoms with van der Waals surface area (Å²) >= 11 is 7.51. The number of anilines is 1. The monoisotopic (exact) mass is 481 g/mol. The summed E-state index contributed by atoms with van der Waals surface area (Å²) in [5, 5.41) is 1.04. The Morgan fingerprint density at radius 3 is 2.73 bits per heavy atom. The number of fused-ring (bicyclic) bond motifs is 1. The van der Waals surface area contributed by atoms with E-state index >= 15 is 0 Å². The van der Waals surface area contributed by atoms with Crippen molar-refractivity contribution in [3.05, 3.63) is 86.5 Å². The van der Waals surface area contributed by atoms with Crippen molar-refractivity contribution in [1.29, 1.82) is 0 Å². The second kappa shape index (κ2) is 8.19. The fraction of sp³-hybridized carbons (Fsp3) is 0.100. The number of benzene rings is 2. The molecule has 156 valence electrons. The predicted molar refractivity (Wildman–Crippen MR) is 127 cm³/mol. The molecule has 0 saturated heterocycles. The molecule has 10 heteroatoms. The zero-order valence-electron chi connectivity index (χ0n) is 15.8. The molecule has 2 heterocycles. The molecule has 1 N–H and O–H groups in total. The lowest BCUT2D eigenvalue weighted by Crippen LogP contribution is -2.32. The van der Waals surface area contributed by atoms with Crippen LogP contribution in [0, 0.1) is 12.7 Å². The fourth-order valence-electron chi connectivity index (χ4n) is 3.32. The summed E-state index contributed by atoms with van der Waals surface area (Å²) in [6, 6.07) is 13.0. The van der Waals surface area contributed by atoms with Gasteiger partial charge in [-0.3, -0.25) is 9.00 Å². The van der Waals surface area contributed by atoms with Crippen molar-refractivity contribution in [2.24, 2.45) is 0 Å². The van der Waals surface area contributed by atoms with Crippen molar-refractivity contribution in [1.82, 2.24) is 9.97 Å². The highest BCUT2D eigenvalue weighted by Crippen LogP contribution is 2.40.